The standard InChI is InChI=1S/C27H52O4/c1-3-5-7-9-10-14-20-25(19-13-8-6-4-2)27(30)31-24-18-12-16-22-26(29)21-15-11-17-23-28/h25,28H,3-24H2,1-2H3. The number of Topliss-reactive ketones (excluding diaryl/α,β-unsaturated/α-hetero) is 1. The fourth-order valence-corrected chi connectivity index (χ4v) is 4.00. The molecular formula is C27H52O4. The molecule has 0 aliphatic heterocycles. The molecule has 0 heterocycles. The molecule has 0 aliphatic carbocycles. The third kappa shape index (κ3) is 20.7. The van der Waals surface area contributed by atoms with E-state index in [2.05, 4.69) is 13.8 Å². The normalized spacial score (nSPS) is 12.1. The summed E-state index contributed by atoms with van der Waals surface area (Å²) in [5.41, 5.74) is 0. The fraction of sp³-hybridized carbons (Fsp3) is 0.926. The molecule has 1 unspecified atom stereocenters. The Hall–Kier alpha value is -0.900. The predicted molar refractivity (Wildman–Crippen MR) is 130 cm³/mol. The smallest absolute Gasteiger partial charge is 0.308 e. The number of esters is 1. The zero-order chi connectivity index (χ0) is 23.0. The summed E-state index contributed by atoms with van der Waals surface area (Å²) in [6.45, 7) is 5.16. The second kappa shape index (κ2) is 23.8. The average Bonchev–Trinajstić information content (AvgIpc) is 2.77. The summed E-state index contributed by atoms with van der Waals surface area (Å²) in [5.74, 6) is 0.398. The van der Waals surface area contributed by atoms with Crippen molar-refractivity contribution >= 4 is 11.8 Å². The fourth-order valence-electron chi connectivity index (χ4n) is 4.00. The van der Waals surface area contributed by atoms with Gasteiger partial charge in [-0.05, 0) is 44.9 Å². The van der Waals surface area contributed by atoms with Gasteiger partial charge in [0.2, 0.25) is 0 Å². The van der Waals surface area contributed by atoms with Crippen molar-refractivity contribution in [1.29, 1.82) is 0 Å². The molecule has 184 valence electrons. The van der Waals surface area contributed by atoms with Crippen molar-refractivity contribution in [2.45, 2.75) is 142 Å². The van der Waals surface area contributed by atoms with Gasteiger partial charge in [-0.1, -0.05) is 84.5 Å². The lowest BCUT2D eigenvalue weighted by Crippen LogP contribution is -2.18. The number of aliphatic hydroxyl groups excluding tert-OH is 1. The zero-order valence-corrected chi connectivity index (χ0v) is 20.8. The summed E-state index contributed by atoms with van der Waals surface area (Å²) in [6, 6.07) is 0. The molecule has 0 amide bonds. The van der Waals surface area contributed by atoms with Gasteiger partial charge >= 0.3 is 5.97 Å². The summed E-state index contributed by atoms with van der Waals surface area (Å²) in [6.07, 6.45) is 20.8. The molecule has 4 nitrogen and oxygen atoms in total. The molecule has 0 aromatic carbocycles. The topological polar surface area (TPSA) is 63.6 Å². The summed E-state index contributed by atoms with van der Waals surface area (Å²) in [7, 11) is 0. The van der Waals surface area contributed by atoms with Crippen LogP contribution in [0.3, 0.4) is 0 Å². The van der Waals surface area contributed by atoms with E-state index < -0.39 is 0 Å². The number of carbonyl (C=O) groups excluding carboxylic acids is 2. The molecule has 0 fully saturated rings. The maximum absolute atomic E-state index is 12.6. The lowest BCUT2D eigenvalue weighted by Gasteiger charge is -2.16. The van der Waals surface area contributed by atoms with Gasteiger partial charge in [0, 0.05) is 19.4 Å². The molecule has 0 rings (SSSR count). The first kappa shape index (κ1) is 30.1. The Labute approximate surface area is 192 Å². The molecule has 1 N–H and O–H groups in total. The maximum atomic E-state index is 12.6. The van der Waals surface area contributed by atoms with Crippen LogP contribution in [0.4, 0.5) is 0 Å². The first-order valence-corrected chi connectivity index (χ1v) is 13.4. The highest BCUT2D eigenvalue weighted by Gasteiger charge is 2.19. The molecule has 0 saturated heterocycles. The second-order valence-electron chi connectivity index (χ2n) is 9.15. The van der Waals surface area contributed by atoms with Gasteiger partial charge in [0.15, 0.2) is 0 Å². The van der Waals surface area contributed by atoms with Crippen LogP contribution in [0.2, 0.25) is 0 Å². The summed E-state index contributed by atoms with van der Waals surface area (Å²) in [5, 5.41) is 8.75. The van der Waals surface area contributed by atoms with Crippen LogP contribution in [-0.2, 0) is 14.3 Å². The maximum Gasteiger partial charge on any atom is 0.308 e. The Kier molecular flexibility index (Phi) is 23.1. The van der Waals surface area contributed by atoms with Gasteiger partial charge < -0.3 is 9.84 Å². The Morgan fingerprint density at radius 2 is 1.13 bits per heavy atom. The van der Waals surface area contributed by atoms with Crippen LogP contribution in [0, 0.1) is 5.92 Å². The molecule has 0 saturated carbocycles. The number of ether oxygens (including phenoxy) is 1. The zero-order valence-electron chi connectivity index (χ0n) is 20.8. The van der Waals surface area contributed by atoms with Crippen molar-refractivity contribution in [1.82, 2.24) is 0 Å². The monoisotopic (exact) mass is 440 g/mol. The summed E-state index contributed by atoms with van der Waals surface area (Å²) < 4.78 is 5.61. The highest BCUT2D eigenvalue weighted by molar-refractivity contribution is 5.78. The van der Waals surface area contributed by atoms with Gasteiger partial charge in [-0.25, -0.2) is 0 Å². The van der Waals surface area contributed by atoms with Crippen LogP contribution in [0.15, 0.2) is 0 Å². The van der Waals surface area contributed by atoms with Gasteiger partial charge in [-0.2, -0.15) is 0 Å². The van der Waals surface area contributed by atoms with Crippen molar-refractivity contribution in [2.75, 3.05) is 13.2 Å². The average molecular weight is 441 g/mol. The molecule has 0 aromatic rings. The van der Waals surface area contributed by atoms with E-state index in [9.17, 15) is 9.59 Å². The number of carbonyl (C=O) groups is 2. The quantitative estimate of drug-likeness (QED) is 0.124. The number of unbranched alkanes of at least 4 members (excludes halogenated alkanes) is 12. The van der Waals surface area contributed by atoms with E-state index in [1.54, 1.807) is 0 Å². The van der Waals surface area contributed by atoms with Gasteiger partial charge in [0.05, 0.1) is 12.5 Å². The van der Waals surface area contributed by atoms with Crippen LogP contribution >= 0.6 is 0 Å². The second-order valence-corrected chi connectivity index (χ2v) is 9.15. The minimum absolute atomic E-state index is 0.00464. The van der Waals surface area contributed by atoms with Crippen LogP contribution in [0.25, 0.3) is 0 Å². The predicted octanol–water partition coefficient (Wildman–Crippen LogP) is 7.55. The van der Waals surface area contributed by atoms with Crippen molar-refractivity contribution in [3.63, 3.8) is 0 Å². The van der Waals surface area contributed by atoms with Crippen LogP contribution < -0.4 is 0 Å². The summed E-state index contributed by atoms with van der Waals surface area (Å²) >= 11 is 0. The van der Waals surface area contributed by atoms with Crippen molar-refractivity contribution < 1.29 is 19.4 Å². The molecule has 1 atom stereocenters. The van der Waals surface area contributed by atoms with Crippen molar-refractivity contribution in [2.24, 2.45) is 5.92 Å². The van der Waals surface area contributed by atoms with Gasteiger partial charge in [0.1, 0.15) is 5.78 Å². The Bertz CT molecular complexity index is 408. The third-order valence-corrected chi connectivity index (χ3v) is 6.10. The van der Waals surface area contributed by atoms with Gasteiger partial charge in [-0.15, -0.1) is 0 Å². The SMILES string of the molecule is CCCCCCCCC(CCCCCC)C(=O)OCCCCCC(=O)CCCCCO. The lowest BCUT2D eigenvalue weighted by atomic mass is 9.94. The van der Waals surface area contributed by atoms with E-state index in [4.69, 9.17) is 9.84 Å². The van der Waals surface area contributed by atoms with Crippen LogP contribution in [0.5, 0.6) is 0 Å². The van der Waals surface area contributed by atoms with E-state index in [1.165, 1.54) is 51.4 Å². The molecule has 0 aromatic heterocycles. The number of aliphatic hydroxyl groups is 1. The minimum Gasteiger partial charge on any atom is -0.465 e. The van der Waals surface area contributed by atoms with Gasteiger partial charge in [-0.3, -0.25) is 9.59 Å². The molecule has 4 heteroatoms. The van der Waals surface area contributed by atoms with E-state index in [1.807, 2.05) is 0 Å². The van der Waals surface area contributed by atoms with Crippen LogP contribution in [-0.4, -0.2) is 30.1 Å². The van der Waals surface area contributed by atoms with Crippen LogP contribution in [0.1, 0.15) is 142 Å². The number of rotatable bonds is 24. The van der Waals surface area contributed by atoms with E-state index in [0.717, 1.165) is 64.2 Å². The Balaban J connectivity index is 3.95. The number of ketones is 1. The van der Waals surface area contributed by atoms with E-state index >= 15 is 0 Å². The Morgan fingerprint density at radius 1 is 0.645 bits per heavy atom. The molecule has 0 bridgehead atoms. The first-order valence-electron chi connectivity index (χ1n) is 13.4. The molecule has 0 aliphatic rings. The van der Waals surface area contributed by atoms with Crippen molar-refractivity contribution in [3.8, 4) is 0 Å². The summed E-state index contributed by atoms with van der Waals surface area (Å²) in [4.78, 5) is 24.4. The third-order valence-electron chi connectivity index (χ3n) is 6.10. The first-order chi connectivity index (χ1) is 15.2. The van der Waals surface area contributed by atoms with Gasteiger partial charge in [0.25, 0.3) is 0 Å². The Morgan fingerprint density at radius 3 is 1.71 bits per heavy atom. The number of hydrogen-bond acceptors (Lipinski definition) is 4. The largest absolute Gasteiger partial charge is 0.465 e. The lowest BCUT2D eigenvalue weighted by molar-refractivity contribution is -0.149. The van der Waals surface area contributed by atoms with Crippen molar-refractivity contribution in [3.05, 3.63) is 0 Å². The van der Waals surface area contributed by atoms with E-state index in [0.29, 0.717) is 25.2 Å². The molecular weight excluding hydrogens is 388 g/mol. The van der Waals surface area contributed by atoms with E-state index in [-0.39, 0.29) is 18.5 Å². The molecule has 0 radical (unpaired) electrons. The highest BCUT2D eigenvalue weighted by Crippen LogP contribution is 2.20. The highest BCUT2D eigenvalue weighted by atomic mass is 16.5. The minimum atomic E-state index is 0.00464. The molecule has 0 spiro atoms. The molecule has 31 heavy (non-hydrogen) atoms. The number of hydrogen-bond donors (Lipinski definition) is 1.